The van der Waals surface area contributed by atoms with E-state index in [-0.39, 0.29) is 179 Å². The van der Waals surface area contributed by atoms with Crippen LogP contribution < -0.4 is 29.6 Å². The minimum atomic E-state index is -3.26. The number of nitrogens with zero attached hydrogens (tertiary/aromatic N) is 4. The monoisotopic (exact) mass is 1560 g/mol. The molecule has 8 aliphatic heterocycles. The van der Waals surface area contributed by atoms with Crippen LogP contribution in [0.2, 0.25) is 0 Å². The van der Waals surface area contributed by atoms with Gasteiger partial charge >= 0.3 is 29.6 Å². The standard InChI is InChI=1S/3C12H17NS.C8H15NO3S.C5H6S.3C2H6.2CH3.Na.3Pd.2Y.H/c3*1-13-9-6-10(13)8-12(7-9)14-11-4-2-3-5-11;1-9-6-3-7(9)5-8(4-6)12-13(2,10)11;6-5-3-1-2-4-5;3*1-2;;;;;;;;;/h3*2,4-5,9-10,12H,3,6-8H2,1H3;6-8H,3-5H2,1-2H3;1,3-4,6H,2H2;3*1-2H3;2*1H3;;;;;;;/q;;;;;;;;2*-1;+1;;;;;;-1. The summed E-state index contributed by atoms with van der Waals surface area (Å²) in [4.78, 5) is 15.6. The summed E-state index contributed by atoms with van der Waals surface area (Å²) in [6, 6.07) is 6.49. The molecule has 16 rings (SSSR count). The normalized spacial score (nSPS) is 31.6. The van der Waals surface area contributed by atoms with Crippen molar-refractivity contribution in [3.05, 3.63) is 107 Å². The van der Waals surface area contributed by atoms with Gasteiger partial charge in [-0.05, 0) is 131 Å². The quantitative estimate of drug-likeness (QED) is 0.110. The molecular weight excluding hydrogens is 1470 g/mol. The van der Waals surface area contributed by atoms with Gasteiger partial charge in [0.2, 0.25) is 0 Å². The van der Waals surface area contributed by atoms with Gasteiger partial charge in [-0.1, -0.05) is 114 Å². The van der Waals surface area contributed by atoms with E-state index in [0.717, 1.165) is 102 Å². The van der Waals surface area contributed by atoms with E-state index in [1.807, 2.05) is 47.6 Å². The van der Waals surface area contributed by atoms with Crippen LogP contribution in [0, 0.1) is 14.9 Å². The summed E-state index contributed by atoms with van der Waals surface area (Å²) in [5.74, 6) is 0. The van der Waals surface area contributed by atoms with Crippen LogP contribution in [0.15, 0.2) is 92.5 Å². The maximum absolute atomic E-state index is 10.9. The molecule has 18 heteroatoms. The van der Waals surface area contributed by atoms with E-state index >= 15 is 0 Å². The Morgan fingerprint density at radius 3 is 0.880 bits per heavy atom. The molecule has 16 aliphatic rings. The van der Waals surface area contributed by atoms with Crippen molar-refractivity contribution < 1.29 is 170 Å². The van der Waals surface area contributed by atoms with E-state index in [9.17, 15) is 8.42 Å². The van der Waals surface area contributed by atoms with E-state index in [1.54, 1.807) is 0 Å². The predicted molar refractivity (Wildman–Crippen MR) is 315 cm³/mol. The van der Waals surface area contributed by atoms with Gasteiger partial charge in [-0.2, -0.15) is 8.42 Å². The average molecular weight is 1570 g/mol. The Kier molecular flexibility index (Phi) is 51.1. The zero-order chi connectivity index (χ0) is 48.7. The first kappa shape index (κ1) is 85.7. The second-order valence-electron chi connectivity index (χ2n) is 19.4. The van der Waals surface area contributed by atoms with Crippen LogP contribution in [-0.4, -0.2) is 133 Å². The van der Waals surface area contributed by atoms with Crippen LogP contribution >= 0.6 is 47.9 Å². The van der Waals surface area contributed by atoms with Crippen LogP contribution in [0.5, 0.6) is 0 Å². The van der Waals surface area contributed by atoms with Gasteiger partial charge in [0.15, 0.2) is 0 Å². The minimum Gasteiger partial charge on any atom is -1.00 e. The van der Waals surface area contributed by atoms with Crippen molar-refractivity contribution >= 4 is 58.0 Å². The molecule has 0 spiro atoms. The minimum absolute atomic E-state index is 0. The number of allylic oxidation sites excluding steroid dienone is 12. The molecule has 8 atom stereocenters. The van der Waals surface area contributed by atoms with Crippen LogP contribution in [0.3, 0.4) is 0 Å². The van der Waals surface area contributed by atoms with E-state index in [4.69, 9.17) is 4.18 Å². The first-order valence-electron chi connectivity index (χ1n) is 26.2. The fraction of sp³-hybridized carbons (Fsp3) is 0.684. The third kappa shape index (κ3) is 27.2. The fourth-order valence-electron chi connectivity index (χ4n) is 11.3. The zero-order valence-electron chi connectivity index (χ0n) is 49.4. The van der Waals surface area contributed by atoms with Crippen LogP contribution in [-0.2, 0) is 141 Å². The molecule has 0 aromatic carbocycles. The molecule has 7 nitrogen and oxygen atoms in total. The number of thioether (sulfide) groups is 3. The summed E-state index contributed by atoms with van der Waals surface area (Å²) in [6.07, 6.45) is 48.2. The molecule has 432 valence electrons. The Labute approximate surface area is 595 Å². The van der Waals surface area contributed by atoms with Gasteiger partial charge in [-0.3, -0.25) is 4.18 Å². The molecule has 8 unspecified atom stereocenters. The van der Waals surface area contributed by atoms with Crippen LogP contribution in [0.4, 0.5) is 0 Å². The second kappa shape index (κ2) is 44.7. The van der Waals surface area contributed by atoms with Gasteiger partial charge in [-0.25, -0.2) is 0 Å². The van der Waals surface area contributed by atoms with Crippen molar-refractivity contribution in [2.24, 2.45) is 0 Å². The molecular formula is C57H97N4NaO3Pd3S5Y2-2. The molecule has 8 heterocycles. The summed E-state index contributed by atoms with van der Waals surface area (Å²) >= 11 is 10.4. The molecule has 12 fully saturated rings. The van der Waals surface area contributed by atoms with Crippen molar-refractivity contribution in [2.45, 2.75) is 214 Å². The number of piperidine rings is 4. The molecule has 75 heavy (non-hydrogen) atoms. The smallest absolute Gasteiger partial charge is 1.00 e. The number of thiol groups is 1. The Bertz CT molecular complexity index is 1760. The van der Waals surface area contributed by atoms with Crippen LogP contribution in [0.25, 0.3) is 0 Å². The molecule has 0 amide bonds. The summed E-state index contributed by atoms with van der Waals surface area (Å²) in [6.45, 7) is 12.0. The first-order valence-corrected chi connectivity index (χ1v) is 31.2. The van der Waals surface area contributed by atoms with E-state index in [0.29, 0.717) is 12.1 Å². The molecule has 0 N–H and O–H groups in total. The zero-order valence-corrected chi connectivity index (χ0v) is 64.9. The average Bonchev–Trinajstić information content (AvgIpc) is 4.23. The first-order chi connectivity index (χ1) is 32.3. The SMILES string of the molecule is CC.CC.CC.CN1C2CC(OS(C)(=O)=O)CC1C2.CN1C2CC(SC3=CCC=C3)CC1C2.CN1C2CC(SC3=CCC=C3)CC1C2.CN1C2CC(SC3=CCC=C3)CC1C2.SC1=CCC=C1.[CH3-].[CH3-].[H-].[Na+].[Pd].[Pd].[Pd].[Y].[Y]. The predicted octanol–water partition coefficient (Wildman–Crippen LogP) is 11.4. The number of hydrogen-bond donors (Lipinski definition) is 1. The number of hydrogen-bond acceptors (Lipinski definition) is 11. The Morgan fingerprint density at radius 1 is 0.467 bits per heavy atom. The van der Waals surface area contributed by atoms with Gasteiger partial charge in [0.1, 0.15) is 0 Å². The van der Waals surface area contributed by atoms with Gasteiger partial charge in [0, 0.05) is 210 Å². The van der Waals surface area contributed by atoms with Crippen LogP contribution in [0.1, 0.15) is 146 Å². The van der Waals surface area contributed by atoms with E-state index in [1.165, 1.54) is 78.9 Å². The van der Waals surface area contributed by atoms with Gasteiger partial charge in [0.05, 0.1) is 12.4 Å². The largest absolute Gasteiger partial charge is 1.00 e. The van der Waals surface area contributed by atoms with Gasteiger partial charge in [-0.15, -0.1) is 47.9 Å². The summed E-state index contributed by atoms with van der Waals surface area (Å²) in [5, 5.41) is 2.68. The van der Waals surface area contributed by atoms with Crippen molar-refractivity contribution in [2.75, 3.05) is 34.4 Å². The molecule has 8 saturated heterocycles. The van der Waals surface area contributed by atoms with Gasteiger partial charge in [0.25, 0.3) is 10.1 Å². The molecule has 2 radical (unpaired) electrons. The number of rotatable bonds is 8. The van der Waals surface area contributed by atoms with Crippen molar-refractivity contribution in [1.29, 1.82) is 0 Å². The van der Waals surface area contributed by atoms with Gasteiger partial charge < -0.3 is 35.9 Å². The van der Waals surface area contributed by atoms with E-state index in [2.05, 4.69) is 163 Å². The maximum Gasteiger partial charge on any atom is 1.00 e. The third-order valence-corrected chi connectivity index (χ3v) is 20.1. The van der Waals surface area contributed by atoms with Crippen molar-refractivity contribution in [1.82, 2.24) is 19.6 Å². The second-order valence-corrected chi connectivity index (χ2v) is 25.6. The molecule has 8 aliphatic carbocycles. The Morgan fingerprint density at radius 2 is 0.707 bits per heavy atom. The fourth-order valence-corrected chi connectivity index (χ4v) is 16.4. The summed E-state index contributed by atoms with van der Waals surface area (Å²) < 4.78 is 26.7. The third-order valence-electron chi connectivity index (χ3n) is 15.2. The molecule has 0 aromatic heterocycles. The molecule has 8 bridgehead atoms. The molecule has 4 saturated carbocycles. The summed E-state index contributed by atoms with van der Waals surface area (Å²) in [5.41, 5.74) is 0. The topological polar surface area (TPSA) is 56.3 Å². The van der Waals surface area contributed by atoms with E-state index < -0.39 is 10.1 Å². The van der Waals surface area contributed by atoms with Crippen molar-refractivity contribution in [3.8, 4) is 0 Å². The Balaban J connectivity index is -0.000000266. The number of fused-ring (bicyclic) bond motifs is 8. The summed E-state index contributed by atoms with van der Waals surface area (Å²) in [7, 11) is 5.69. The Hall–Kier alpha value is 4.26. The maximum atomic E-state index is 10.9. The molecule has 0 aromatic rings. The van der Waals surface area contributed by atoms with Crippen molar-refractivity contribution in [3.63, 3.8) is 0 Å².